The number of halogens is 1. The zero-order valence-corrected chi connectivity index (χ0v) is 31.5. The van der Waals surface area contributed by atoms with Gasteiger partial charge in [-0.25, -0.2) is 0 Å². The van der Waals surface area contributed by atoms with Crippen molar-refractivity contribution in [2.45, 2.75) is 121 Å². The first kappa shape index (κ1) is 43.0. The zero-order valence-electron chi connectivity index (χ0n) is 30.7. The molecule has 3 rings (SSSR count). The minimum Gasteiger partial charge on any atom is -0.493 e. The van der Waals surface area contributed by atoms with Gasteiger partial charge in [-0.05, 0) is 78.5 Å². The van der Waals surface area contributed by atoms with Gasteiger partial charge in [-0.15, -0.1) is 0 Å². The van der Waals surface area contributed by atoms with Gasteiger partial charge in [0.2, 0.25) is 0 Å². The van der Waals surface area contributed by atoms with Gasteiger partial charge in [-0.3, -0.25) is 14.7 Å². The van der Waals surface area contributed by atoms with Crippen LogP contribution in [0.25, 0.3) is 5.57 Å². The molecule has 0 bridgehead atoms. The number of aromatic amines is 2. The molecule has 1 aromatic carbocycles. The van der Waals surface area contributed by atoms with Crippen LogP contribution in [0.2, 0.25) is 5.02 Å². The van der Waals surface area contributed by atoms with Gasteiger partial charge < -0.3 is 9.84 Å². The van der Waals surface area contributed by atoms with Gasteiger partial charge in [-0.1, -0.05) is 131 Å². The molecule has 258 valence electrons. The molecular formula is C40H63ClN2O3. The van der Waals surface area contributed by atoms with E-state index in [-0.39, 0.29) is 29.1 Å². The quantitative estimate of drug-likeness (QED) is 0.128. The molecule has 0 aliphatic carbocycles. The monoisotopic (exact) mass is 654 g/mol. The minimum absolute atomic E-state index is 0.0248. The average Bonchev–Trinajstić information content (AvgIpc) is 3.52. The van der Waals surface area contributed by atoms with Crippen molar-refractivity contribution in [2.24, 2.45) is 17.8 Å². The number of H-pyrrole nitrogens is 2. The van der Waals surface area contributed by atoms with Crippen molar-refractivity contribution in [3.63, 3.8) is 0 Å². The van der Waals surface area contributed by atoms with E-state index in [2.05, 4.69) is 58.3 Å². The Labute approximate surface area is 285 Å². The van der Waals surface area contributed by atoms with Crippen molar-refractivity contribution in [3.05, 3.63) is 92.4 Å². The maximum Gasteiger partial charge on any atom is 0.271 e. The Hall–Kier alpha value is -3.05. The Kier molecular flexibility index (Phi) is 22.6. The number of hydrogen-bond donors (Lipinski definition) is 2. The van der Waals surface area contributed by atoms with E-state index in [1.165, 1.54) is 25.7 Å². The Morgan fingerprint density at radius 1 is 1.00 bits per heavy atom. The highest BCUT2D eigenvalue weighted by atomic mass is 35.5. The van der Waals surface area contributed by atoms with Crippen molar-refractivity contribution >= 4 is 23.0 Å². The highest BCUT2D eigenvalue weighted by molar-refractivity contribution is 6.30. The summed E-state index contributed by atoms with van der Waals surface area (Å²) in [6.07, 6.45) is 15.4. The van der Waals surface area contributed by atoms with E-state index < -0.39 is 0 Å². The third-order valence-electron chi connectivity index (χ3n) is 8.18. The molecule has 2 heterocycles. The van der Waals surface area contributed by atoms with Crippen molar-refractivity contribution in [3.8, 4) is 5.75 Å². The van der Waals surface area contributed by atoms with Gasteiger partial charge in [0.05, 0.1) is 18.1 Å². The molecule has 46 heavy (non-hydrogen) atoms. The molecule has 1 aliphatic rings. The smallest absolute Gasteiger partial charge is 0.271 e. The summed E-state index contributed by atoms with van der Waals surface area (Å²) >= 11 is 6.19. The maximum absolute atomic E-state index is 13.9. The number of Topliss-reactive ketones (excluding diaryl/α,β-unsaturated/α-hetero) is 1. The molecule has 0 spiro atoms. The van der Waals surface area contributed by atoms with Crippen LogP contribution in [-0.4, -0.2) is 22.6 Å². The number of ketones is 1. The summed E-state index contributed by atoms with van der Waals surface area (Å²) in [7, 11) is 0. The summed E-state index contributed by atoms with van der Waals surface area (Å²) in [5.41, 5.74) is 4.65. The molecule has 3 unspecified atom stereocenters. The van der Waals surface area contributed by atoms with Crippen LogP contribution >= 0.6 is 11.6 Å². The molecular weight excluding hydrogens is 592 g/mol. The number of fused-ring (bicyclic) bond motifs is 1. The summed E-state index contributed by atoms with van der Waals surface area (Å²) in [5.74, 6) is 0.840. The van der Waals surface area contributed by atoms with Gasteiger partial charge in [0.15, 0.2) is 5.78 Å². The lowest BCUT2D eigenvalue weighted by molar-refractivity contribution is -0.120. The number of aromatic nitrogens is 2. The number of rotatable bonds is 13. The second-order valence-corrected chi connectivity index (χ2v) is 11.7. The highest BCUT2D eigenvalue weighted by Crippen LogP contribution is 2.35. The molecule has 0 amide bonds. The fourth-order valence-electron chi connectivity index (χ4n) is 5.00. The van der Waals surface area contributed by atoms with Crippen LogP contribution in [0.15, 0.2) is 70.7 Å². The van der Waals surface area contributed by atoms with Crippen LogP contribution in [0.3, 0.4) is 0 Å². The molecule has 5 nitrogen and oxygen atoms in total. The SMILES string of the molecule is C=C(C(=C\C=C(\c1c[nH][nH]c1=O)C(C)CC)/C(=C\C)C(=O)C1COc2ccc(Cl)cc2C1)C(C)CC.CC.CC.CCCCCC. The van der Waals surface area contributed by atoms with E-state index in [1.807, 2.05) is 65.0 Å². The van der Waals surface area contributed by atoms with E-state index in [1.54, 1.807) is 12.3 Å². The first-order valence-corrected chi connectivity index (χ1v) is 18.0. The number of allylic oxidation sites excluding steroid dienone is 7. The fraction of sp³-hybridized carbons (Fsp3) is 0.550. The second kappa shape index (κ2) is 24.2. The van der Waals surface area contributed by atoms with Crippen molar-refractivity contribution in [1.82, 2.24) is 10.2 Å². The summed E-state index contributed by atoms with van der Waals surface area (Å²) < 4.78 is 5.92. The molecule has 2 aromatic rings. The third kappa shape index (κ3) is 13.0. The number of benzene rings is 1. The maximum atomic E-state index is 13.9. The van der Waals surface area contributed by atoms with E-state index in [0.717, 1.165) is 40.9 Å². The first-order valence-electron chi connectivity index (χ1n) is 17.6. The number of hydrogen-bond acceptors (Lipinski definition) is 3. The van der Waals surface area contributed by atoms with Crippen molar-refractivity contribution in [2.75, 3.05) is 6.61 Å². The molecule has 1 aliphatic heterocycles. The molecule has 1 aromatic heterocycles. The predicted octanol–water partition coefficient (Wildman–Crippen LogP) is 11.7. The standard InChI is InChI=1S/C30H37ClN2O3.C6H14.2C2H6/c1-7-18(4)20(6)26(12-11-25(19(5)8-2)27-16-32-33-30(27)35)24(9-3)29(34)22-14-21-15-23(31)10-13-28(21)36-17-22;1-3-5-6-4-2;2*1-2/h9-13,15-16,18-19,22H,6-8,14,17H2,1-5H3,(H2,32,33,35);3-6H2,1-2H3;2*1-2H3/b24-9+,25-11+,26-12+;;;. The molecule has 0 saturated heterocycles. The number of nitrogens with one attached hydrogen (secondary N) is 2. The Balaban J connectivity index is 0.00000179. The lowest BCUT2D eigenvalue weighted by Gasteiger charge is -2.27. The van der Waals surface area contributed by atoms with Crippen LogP contribution < -0.4 is 10.3 Å². The minimum atomic E-state index is -0.319. The van der Waals surface area contributed by atoms with Crippen LogP contribution in [0, 0.1) is 17.8 Å². The molecule has 0 radical (unpaired) electrons. The predicted molar refractivity (Wildman–Crippen MR) is 201 cm³/mol. The summed E-state index contributed by atoms with van der Waals surface area (Å²) in [5, 5.41) is 6.05. The van der Waals surface area contributed by atoms with Crippen molar-refractivity contribution < 1.29 is 9.53 Å². The third-order valence-corrected chi connectivity index (χ3v) is 8.42. The van der Waals surface area contributed by atoms with Crippen LogP contribution in [0.1, 0.15) is 126 Å². The first-order chi connectivity index (χ1) is 22.1. The topological polar surface area (TPSA) is 75.0 Å². The van der Waals surface area contributed by atoms with Gasteiger partial charge in [0, 0.05) is 16.8 Å². The van der Waals surface area contributed by atoms with Crippen LogP contribution in [-0.2, 0) is 11.2 Å². The number of carbonyl (C=O) groups is 1. The largest absolute Gasteiger partial charge is 0.493 e. The molecule has 3 atom stereocenters. The molecule has 0 fully saturated rings. The molecule has 2 N–H and O–H groups in total. The number of carbonyl (C=O) groups excluding carboxylic acids is 1. The van der Waals surface area contributed by atoms with E-state index in [9.17, 15) is 9.59 Å². The number of ether oxygens (including phenoxy) is 1. The zero-order chi connectivity index (χ0) is 35.2. The van der Waals surface area contributed by atoms with Crippen LogP contribution in [0.5, 0.6) is 5.75 Å². The Morgan fingerprint density at radius 2 is 1.61 bits per heavy atom. The summed E-state index contributed by atoms with van der Waals surface area (Å²) in [4.78, 5) is 26.2. The van der Waals surface area contributed by atoms with Crippen LogP contribution in [0.4, 0.5) is 0 Å². The molecule has 0 saturated carbocycles. The van der Waals surface area contributed by atoms with E-state index >= 15 is 0 Å². The summed E-state index contributed by atoms with van der Waals surface area (Å²) in [6, 6.07) is 5.53. The fourth-order valence-corrected chi connectivity index (χ4v) is 5.19. The van der Waals surface area contributed by atoms with Crippen molar-refractivity contribution in [1.29, 1.82) is 0 Å². The lowest BCUT2D eigenvalue weighted by Crippen LogP contribution is -2.30. The Bertz CT molecular complexity index is 1320. The van der Waals surface area contributed by atoms with E-state index in [4.69, 9.17) is 16.3 Å². The number of unbranched alkanes of at least 4 members (excludes halogenated alkanes) is 3. The van der Waals surface area contributed by atoms with Gasteiger partial charge >= 0.3 is 0 Å². The summed E-state index contributed by atoms with van der Waals surface area (Å²) in [6.45, 7) is 27.5. The normalized spacial score (nSPS) is 15.7. The van der Waals surface area contributed by atoms with Gasteiger partial charge in [-0.2, -0.15) is 0 Å². The molecule has 6 heteroatoms. The highest BCUT2D eigenvalue weighted by Gasteiger charge is 2.30. The van der Waals surface area contributed by atoms with E-state index in [0.29, 0.717) is 29.2 Å². The van der Waals surface area contributed by atoms with Gasteiger partial charge in [0.25, 0.3) is 5.56 Å². The van der Waals surface area contributed by atoms with Gasteiger partial charge in [0.1, 0.15) is 5.75 Å². The Morgan fingerprint density at radius 3 is 2.11 bits per heavy atom. The second-order valence-electron chi connectivity index (χ2n) is 11.2. The average molecular weight is 655 g/mol. The lowest BCUT2D eigenvalue weighted by atomic mass is 9.81.